The quantitative estimate of drug-likeness (QED) is 0.678. The number of rotatable bonds is 3. The van der Waals surface area contributed by atoms with Gasteiger partial charge in [0.05, 0.1) is 10.5 Å². The Morgan fingerprint density at radius 3 is 2.64 bits per heavy atom. The van der Waals surface area contributed by atoms with E-state index in [0.29, 0.717) is 27.8 Å². The third kappa shape index (κ3) is 2.61. The molecule has 3 aromatic rings. The molecular weight excluding hydrogens is 302 g/mol. The highest BCUT2D eigenvalue weighted by Crippen LogP contribution is 2.27. The molecule has 1 aromatic heterocycles. The van der Waals surface area contributed by atoms with Gasteiger partial charge in [-0.25, -0.2) is 4.79 Å². The minimum atomic E-state index is -0.574. The second kappa shape index (κ2) is 6.03. The number of aromatic nitrogens is 1. The molecule has 0 amide bonds. The maximum atomic E-state index is 12.3. The number of benzene rings is 2. The summed E-state index contributed by atoms with van der Waals surface area (Å²) in [5, 5.41) is 1.02. The van der Waals surface area contributed by atoms with Crippen LogP contribution in [0.4, 0.5) is 4.79 Å². The molecule has 0 bridgehead atoms. The second-order valence-electron chi connectivity index (χ2n) is 4.75. The maximum absolute atomic E-state index is 12.3. The lowest BCUT2D eigenvalue weighted by atomic mass is 10.2. The van der Waals surface area contributed by atoms with E-state index in [1.807, 2.05) is 30.3 Å². The summed E-state index contributed by atoms with van der Waals surface area (Å²) in [5.74, 6) is 0. The van der Waals surface area contributed by atoms with E-state index in [0.717, 1.165) is 5.56 Å². The van der Waals surface area contributed by atoms with E-state index in [-0.39, 0.29) is 6.61 Å². The van der Waals surface area contributed by atoms with Crippen molar-refractivity contribution in [1.29, 1.82) is 0 Å². The van der Waals surface area contributed by atoms with Gasteiger partial charge < -0.3 is 4.74 Å². The summed E-state index contributed by atoms with van der Waals surface area (Å²) >= 11 is 6.15. The van der Waals surface area contributed by atoms with E-state index in [9.17, 15) is 9.59 Å². The van der Waals surface area contributed by atoms with Crippen LogP contribution < -0.4 is 0 Å². The van der Waals surface area contributed by atoms with Crippen LogP contribution in [-0.2, 0) is 11.3 Å². The Morgan fingerprint density at radius 2 is 1.91 bits per heavy atom. The minimum absolute atomic E-state index is 0.153. The van der Waals surface area contributed by atoms with Gasteiger partial charge in [-0.2, -0.15) is 0 Å². The molecule has 0 radical (unpaired) electrons. The molecule has 0 N–H and O–H groups in total. The van der Waals surface area contributed by atoms with Gasteiger partial charge in [-0.05, 0) is 11.6 Å². The predicted molar refractivity (Wildman–Crippen MR) is 84.4 cm³/mol. The van der Waals surface area contributed by atoms with Gasteiger partial charge in [-0.1, -0.05) is 54.1 Å². The Hall–Kier alpha value is -2.59. The first kappa shape index (κ1) is 14.4. The molecule has 0 fully saturated rings. The molecule has 4 nitrogen and oxygen atoms in total. The maximum Gasteiger partial charge on any atom is 0.418 e. The van der Waals surface area contributed by atoms with Crippen molar-refractivity contribution >= 4 is 34.9 Å². The number of aldehydes is 1. The molecule has 1 heterocycles. The smallest absolute Gasteiger partial charge is 0.418 e. The summed E-state index contributed by atoms with van der Waals surface area (Å²) in [6.07, 6.45) is 1.56. The number of hydrogen-bond donors (Lipinski definition) is 0. The van der Waals surface area contributed by atoms with E-state index in [1.165, 1.54) is 10.8 Å². The number of para-hydroxylation sites is 1. The molecule has 0 saturated heterocycles. The van der Waals surface area contributed by atoms with Crippen molar-refractivity contribution in [3.8, 4) is 0 Å². The fraction of sp³-hybridized carbons (Fsp3) is 0.0588. The van der Waals surface area contributed by atoms with Crippen molar-refractivity contribution in [2.75, 3.05) is 0 Å². The van der Waals surface area contributed by atoms with E-state index < -0.39 is 6.09 Å². The van der Waals surface area contributed by atoms with Crippen LogP contribution in [0.25, 0.3) is 10.9 Å². The van der Waals surface area contributed by atoms with E-state index in [1.54, 1.807) is 18.2 Å². The first-order valence-electron chi connectivity index (χ1n) is 6.66. The van der Waals surface area contributed by atoms with Crippen LogP contribution in [0.15, 0.2) is 54.7 Å². The first-order valence-corrected chi connectivity index (χ1v) is 7.04. The van der Waals surface area contributed by atoms with Crippen molar-refractivity contribution in [1.82, 2.24) is 4.57 Å². The van der Waals surface area contributed by atoms with E-state index in [2.05, 4.69) is 0 Å². The molecule has 5 heteroatoms. The molecule has 0 aliphatic heterocycles. The van der Waals surface area contributed by atoms with E-state index >= 15 is 0 Å². The fourth-order valence-corrected chi connectivity index (χ4v) is 2.56. The largest absolute Gasteiger partial charge is 0.444 e. The SMILES string of the molecule is O=Cc1cn(C(=O)OCc2ccccc2)c2c(Cl)cccc12. The Bertz CT molecular complexity index is 840. The average Bonchev–Trinajstić information content (AvgIpc) is 2.94. The molecule has 3 rings (SSSR count). The van der Waals surface area contributed by atoms with Gasteiger partial charge in [-0.3, -0.25) is 9.36 Å². The van der Waals surface area contributed by atoms with Crippen LogP contribution in [0.2, 0.25) is 5.02 Å². The summed E-state index contributed by atoms with van der Waals surface area (Å²) in [6.45, 7) is 0.153. The van der Waals surface area contributed by atoms with Gasteiger partial charge in [0.2, 0.25) is 0 Å². The van der Waals surface area contributed by atoms with Gasteiger partial charge in [0, 0.05) is 17.1 Å². The standard InChI is InChI=1S/C17H12ClNO3/c18-15-8-4-7-14-13(10-20)9-19(16(14)15)17(21)22-11-12-5-2-1-3-6-12/h1-10H,11H2. The lowest BCUT2D eigenvalue weighted by Crippen LogP contribution is -2.12. The molecule has 0 atom stereocenters. The number of halogens is 1. The average molecular weight is 314 g/mol. The molecule has 0 spiro atoms. The predicted octanol–water partition coefficient (Wildman–Crippen LogP) is 4.29. The number of carbonyl (C=O) groups excluding carboxylic acids is 2. The fourth-order valence-electron chi connectivity index (χ4n) is 2.29. The lowest BCUT2D eigenvalue weighted by Gasteiger charge is -2.07. The van der Waals surface area contributed by atoms with Crippen molar-refractivity contribution in [3.63, 3.8) is 0 Å². The van der Waals surface area contributed by atoms with Gasteiger partial charge in [-0.15, -0.1) is 0 Å². The molecular formula is C17H12ClNO3. The zero-order chi connectivity index (χ0) is 15.5. The molecule has 0 aliphatic carbocycles. The molecule has 22 heavy (non-hydrogen) atoms. The summed E-state index contributed by atoms with van der Waals surface area (Å²) in [4.78, 5) is 23.4. The van der Waals surface area contributed by atoms with Crippen molar-refractivity contribution in [2.45, 2.75) is 6.61 Å². The van der Waals surface area contributed by atoms with Gasteiger partial charge in [0.15, 0.2) is 6.29 Å². The molecule has 0 unspecified atom stereocenters. The number of fused-ring (bicyclic) bond motifs is 1. The third-order valence-corrected chi connectivity index (χ3v) is 3.64. The third-order valence-electron chi connectivity index (χ3n) is 3.34. The van der Waals surface area contributed by atoms with Crippen LogP contribution in [0.3, 0.4) is 0 Å². The van der Waals surface area contributed by atoms with Crippen LogP contribution >= 0.6 is 11.6 Å². The van der Waals surface area contributed by atoms with Gasteiger partial charge in [0.1, 0.15) is 6.61 Å². The Morgan fingerprint density at radius 1 is 1.14 bits per heavy atom. The van der Waals surface area contributed by atoms with Crippen molar-refractivity contribution in [3.05, 3.63) is 70.9 Å². The van der Waals surface area contributed by atoms with E-state index in [4.69, 9.17) is 16.3 Å². The minimum Gasteiger partial charge on any atom is -0.444 e. The zero-order valence-corrected chi connectivity index (χ0v) is 12.3. The highest BCUT2D eigenvalue weighted by atomic mass is 35.5. The Labute approximate surface area is 131 Å². The molecule has 0 saturated carbocycles. The molecule has 2 aromatic carbocycles. The molecule has 110 valence electrons. The van der Waals surface area contributed by atoms with Crippen LogP contribution in [0, 0.1) is 0 Å². The zero-order valence-electron chi connectivity index (χ0n) is 11.5. The Kier molecular flexibility index (Phi) is 3.94. The van der Waals surface area contributed by atoms with Crippen molar-refractivity contribution in [2.24, 2.45) is 0 Å². The van der Waals surface area contributed by atoms with Crippen LogP contribution in [0.1, 0.15) is 15.9 Å². The highest BCUT2D eigenvalue weighted by Gasteiger charge is 2.16. The highest BCUT2D eigenvalue weighted by molar-refractivity contribution is 6.35. The summed E-state index contributed by atoms with van der Waals surface area (Å²) in [5.41, 5.74) is 1.76. The topological polar surface area (TPSA) is 48.3 Å². The number of hydrogen-bond acceptors (Lipinski definition) is 3. The summed E-state index contributed by atoms with van der Waals surface area (Å²) < 4.78 is 6.55. The summed E-state index contributed by atoms with van der Waals surface area (Å²) in [6, 6.07) is 14.5. The second-order valence-corrected chi connectivity index (χ2v) is 5.16. The summed E-state index contributed by atoms with van der Waals surface area (Å²) in [7, 11) is 0. The number of carbonyl (C=O) groups is 2. The lowest BCUT2D eigenvalue weighted by molar-refractivity contribution is 0.112. The molecule has 0 aliphatic rings. The van der Waals surface area contributed by atoms with Crippen LogP contribution in [0.5, 0.6) is 0 Å². The normalized spacial score (nSPS) is 10.6. The monoisotopic (exact) mass is 313 g/mol. The first-order chi connectivity index (χ1) is 10.7. The van der Waals surface area contributed by atoms with Gasteiger partial charge >= 0.3 is 6.09 Å². The Balaban J connectivity index is 1.92. The van der Waals surface area contributed by atoms with Crippen molar-refractivity contribution < 1.29 is 14.3 Å². The number of ether oxygens (including phenoxy) is 1. The van der Waals surface area contributed by atoms with Gasteiger partial charge in [0.25, 0.3) is 0 Å². The number of nitrogens with zero attached hydrogens (tertiary/aromatic N) is 1. The van der Waals surface area contributed by atoms with Crippen LogP contribution in [-0.4, -0.2) is 16.9 Å².